The van der Waals surface area contributed by atoms with E-state index in [9.17, 15) is 4.79 Å². The standard InChI is InChI=1S/C29H31N5O2S/c1-17-15-16-37-25(17)24-23(27(35)31-21-9-7-8-10-22(21)36-6)18(2)30-28-32-26(33-34(24)28)19-11-13-20(14-12-19)29(3,4)5/h7-16,24H,1-6H3,(H,31,35)(H,30,32,33). The number of benzene rings is 2. The lowest BCUT2D eigenvalue weighted by Gasteiger charge is -2.28. The fourth-order valence-corrected chi connectivity index (χ4v) is 5.55. The Morgan fingerprint density at radius 1 is 1.08 bits per heavy atom. The zero-order valence-electron chi connectivity index (χ0n) is 21.9. The van der Waals surface area contributed by atoms with Crippen LogP contribution in [-0.2, 0) is 10.2 Å². The number of carbonyl (C=O) groups is 1. The lowest BCUT2D eigenvalue weighted by molar-refractivity contribution is -0.113. The number of carbonyl (C=O) groups excluding carboxylic acids is 1. The molecule has 2 aromatic heterocycles. The van der Waals surface area contributed by atoms with Crippen LogP contribution in [0.25, 0.3) is 11.4 Å². The molecule has 0 saturated heterocycles. The van der Waals surface area contributed by atoms with E-state index in [1.807, 2.05) is 41.3 Å². The topological polar surface area (TPSA) is 81.1 Å². The van der Waals surface area contributed by atoms with Crippen LogP contribution in [0.15, 0.2) is 71.2 Å². The highest BCUT2D eigenvalue weighted by Gasteiger charge is 2.36. The number of amides is 1. The van der Waals surface area contributed by atoms with E-state index in [1.54, 1.807) is 18.4 Å². The molecule has 190 valence electrons. The highest BCUT2D eigenvalue weighted by atomic mass is 32.1. The van der Waals surface area contributed by atoms with E-state index in [0.717, 1.165) is 21.7 Å². The molecule has 0 saturated carbocycles. The Kier molecular flexibility index (Phi) is 6.37. The zero-order chi connectivity index (χ0) is 26.3. The van der Waals surface area contributed by atoms with Crippen LogP contribution >= 0.6 is 11.3 Å². The SMILES string of the molecule is COc1ccccc1NC(=O)C1=C(C)Nc2nc(-c3ccc(C(C)(C)C)cc3)nn2C1c1sccc1C. The lowest BCUT2D eigenvalue weighted by Crippen LogP contribution is -2.31. The summed E-state index contributed by atoms with van der Waals surface area (Å²) in [5, 5.41) is 13.3. The number of para-hydroxylation sites is 2. The number of ether oxygens (including phenoxy) is 1. The lowest BCUT2D eigenvalue weighted by atomic mass is 9.87. The van der Waals surface area contributed by atoms with Crippen molar-refractivity contribution in [1.82, 2.24) is 14.8 Å². The zero-order valence-corrected chi connectivity index (χ0v) is 22.7. The van der Waals surface area contributed by atoms with E-state index in [1.165, 1.54) is 5.56 Å². The molecule has 0 radical (unpaired) electrons. The second-order valence-corrected chi connectivity index (χ2v) is 11.2. The largest absolute Gasteiger partial charge is 0.495 e. The molecule has 0 fully saturated rings. The Bertz CT molecular complexity index is 1490. The molecule has 2 N–H and O–H groups in total. The van der Waals surface area contributed by atoms with Crippen molar-refractivity contribution >= 4 is 28.9 Å². The van der Waals surface area contributed by atoms with Crippen molar-refractivity contribution in [3.8, 4) is 17.1 Å². The summed E-state index contributed by atoms with van der Waals surface area (Å²) in [5.74, 6) is 1.61. The smallest absolute Gasteiger partial charge is 0.256 e. The average molecular weight is 514 g/mol. The first-order chi connectivity index (χ1) is 17.7. The van der Waals surface area contributed by atoms with Crippen molar-refractivity contribution in [1.29, 1.82) is 0 Å². The number of nitrogens with one attached hydrogen (secondary N) is 2. The van der Waals surface area contributed by atoms with Crippen LogP contribution in [0.4, 0.5) is 11.6 Å². The fourth-order valence-electron chi connectivity index (χ4n) is 4.53. The Balaban J connectivity index is 1.56. The quantitative estimate of drug-likeness (QED) is 0.316. The number of allylic oxidation sites excluding steroid dienone is 1. The third-order valence-electron chi connectivity index (χ3n) is 6.61. The first-order valence-electron chi connectivity index (χ1n) is 12.2. The van der Waals surface area contributed by atoms with Crippen LogP contribution in [0.1, 0.15) is 49.7 Å². The third-order valence-corrected chi connectivity index (χ3v) is 7.68. The minimum Gasteiger partial charge on any atom is -0.495 e. The molecule has 7 nitrogen and oxygen atoms in total. The van der Waals surface area contributed by atoms with Gasteiger partial charge in [-0.1, -0.05) is 57.2 Å². The molecule has 1 aliphatic rings. The van der Waals surface area contributed by atoms with Crippen LogP contribution in [0, 0.1) is 6.92 Å². The first-order valence-corrected chi connectivity index (χ1v) is 13.1. The Labute approximate surface area is 221 Å². The van der Waals surface area contributed by atoms with Crippen LogP contribution in [-0.4, -0.2) is 27.8 Å². The Morgan fingerprint density at radius 3 is 2.46 bits per heavy atom. The maximum absolute atomic E-state index is 13.8. The Morgan fingerprint density at radius 2 is 1.81 bits per heavy atom. The van der Waals surface area contributed by atoms with E-state index in [4.69, 9.17) is 14.8 Å². The summed E-state index contributed by atoms with van der Waals surface area (Å²) in [6.07, 6.45) is 0. The number of thiophene rings is 1. The molecule has 4 aromatic rings. The van der Waals surface area contributed by atoms with E-state index in [0.29, 0.717) is 28.8 Å². The number of hydrogen-bond acceptors (Lipinski definition) is 6. The summed E-state index contributed by atoms with van der Waals surface area (Å²) >= 11 is 1.61. The van der Waals surface area contributed by atoms with E-state index in [-0.39, 0.29) is 11.3 Å². The van der Waals surface area contributed by atoms with Crippen molar-refractivity contribution in [2.45, 2.75) is 46.1 Å². The molecule has 5 rings (SSSR count). The maximum Gasteiger partial charge on any atom is 0.256 e. The van der Waals surface area contributed by atoms with Gasteiger partial charge in [-0.2, -0.15) is 4.98 Å². The summed E-state index contributed by atoms with van der Waals surface area (Å²) in [4.78, 5) is 19.6. The van der Waals surface area contributed by atoms with Gasteiger partial charge in [0.1, 0.15) is 11.8 Å². The summed E-state index contributed by atoms with van der Waals surface area (Å²) in [6, 6.07) is 17.4. The highest BCUT2D eigenvalue weighted by Crippen LogP contribution is 2.40. The molecule has 0 aliphatic carbocycles. The predicted octanol–water partition coefficient (Wildman–Crippen LogP) is 6.55. The van der Waals surface area contributed by atoms with Gasteiger partial charge in [-0.05, 0) is 54.0 Å². The first kappa shape index (κ1) is 24.8. The minimum absolute atomic E-state index is 0.0630. The number of aromatic nitrogens is 3. The fraction of sp³-hybridized carbons (Fsp3) is 0.276. The molecule has 37 heavy (non-hydrogen) atoms. The number of methoxy groups -OCH3 is 1. The van der Waals surface area contributed by atoms with E-state index >= 15 is 0 Å². The molecule has 1 aliphatic heterocycles. The monoisotopic (exact) mass is 513 g/mol. The van der Waals surface area contributed by atoms with Crippen molar-refractivity contribution in [3.63, 3.8) is 0 Å². The van der Waals surface area contributed by atoms with Crippen molar-refractivity contribution in [2.24, 2.45) is 0 Å². The van der Waals surface area contributed by atoms with Gasteiger partial charge in [0.15, 0.2) is 5.82 Å². The number of rotatable bonds is 5. The molecular formula is C29H31N5O2S. The summed E-state index contributed by atoms with van der Waals surface area (Å²) < 4.78 is 7.27. The van der Waals surface area contributed by atoms with Crippen molar-refractivity contribution < 1.29 is 9.53 Å². The highest BCUT2D eigenvalue weighted by molar-refractivity contribution is 7.10. The molecule has 1 unspecified atom stereocenters. The van der Waals surface area contributed by atoms with Crippen LogP contribution in [0.5, 0.6) is 5.75 Å². The molecule has 1 atom stereocenters. The normalized spacial score (nSPS) is 15.2. The molecular weight excluding hydrogens is 482 g/mol. The second-order valence-electron chi connectivity index (χ2n) is 10.2. The number of hydrogen-bond donors (Lipinski definition) is 2. The number of anilines is 2. The minimum atomic E-state index is -0.416. The van der Waals surface area contributed by atoms with Gasteiger partial charge in [0.05, 0.1) is 18.4 Å². The second kappa shape index (κ2) is 9.52. The van der Waals surface area contributed by atoms with Gasteiger partial charge in [-0.3, -0.25) is 4.79 Å². The van der Waals surface area contributed by atoms with Gasteiger partial charge in [-0.15, -0.1) is 16.4 Å². The van der Waals surface area contributed by atoms with Crippen molar-refractivity contribution in [2.75, 3.05) is 17.7 Å². The van der Waals surface area contributed by atoms with Gasteiger partial charge in [0.2, 0.25) is 5.95 Å². The van der Waals surface area contributed by atoms with Gasteiger partial charge < -0.3 is 15.4 Å². The van der Waals surface area contributed by atoms with Crippen LogP contribution in [0.2, 0.25) is 0 Å². The van der Waals surface area contributed by atoms with Crippen LogP contribution in [0.3, 0.4) is 0 Å². The third kappa shape index (κ3) is 4.64. The van der Waals surface area contributed by atoms with Gasteiger partial charge in [-0.25, -0.2) is 4.68 Å². The summed E-state index contributed by atoms with van der Waals surface area (Å²) in [5.41, 5.74) is 5.27. The van der Waals surface area contributed by atoms with E-state index < -0.39 is 6.04 Å². The summed E-state index contributed by atoms with van der Waals surface area (Å²) in [7, 11) is 1.59. The summed E-state index contributed by atoms with van der Waals surface area (Å²) in [6.45, 7) is 10.5. The molecule has 3 heterocycles. The Hall–Kier alpha value is -3.91. The molecule has 1 amide bonds. The molecule has 8 heteroatoms. The van der Waals surface area contributed by atoms with Gasteiger partial charge in [0, 0.05) is 16.1 Å². The average Bonchev–Trinajstić information content (AvgIpc) is 3.49. The van der Waals surface area contributed by atoms with Gasteiger partial charge >= 0.3 is 0 Å². The van der Waals surface area contributed by atoms with Crippen molar-refractivity contribution in [3.05, 3.63) is 87.3 Å². The van der Waals surface area contributed by atoms with E-state index in [2.05, 4.69) is 68.7 Å². The molecule has 0 bridgehead atoms. The maximum atomic E-state index is 13.8. The van der Waals surface area contributed by atoms with Crippen LogP contribution < -0.4 is 15.4 Å². The number of nitrogens with zero attached hydrogens (tertiary/aromatic N) is 3. The molecule has 0 spiro atoms. The number of aryl methyl sites for hydroxylation is 1. The number of fused-ring (bicyclic) bond motifs is 1. The van der Waals surface area contributed by atoms with Gasteiger partial charge in [0.25, 0.3) is 5.91 Å². The predicted molar refractivity (Wildman–Crippen MR) is 149 cm³/mol. The molecule has 2 aromatic carbocycles.